The molecule has 2 heterocycles. The van der Waals surface area contributed by atoms with Crippen molar-refractivity contribution in [2.45, 2.75) is 13.0 Å². The van der Waals surface area contributed by atoms with Gasteiger partial charge in [0.05, 0.1) is 28.7 Å². The lowest BCUT2D eigenvalue weighted by molar-refractivity contribution is 0.0734. The van der Waals surface area contributed by atoms with E-state index in [-0.39, 0.29) is 5.91 Å². The molecule has 0 radical (unpaired) electrons. The van der Waals surface area contributed by atoms with E-state index in [1.807, 2.05) is 35.2 Å². The predicted molar refractivity (Wildman–Crippen MR) is 104 cm³/mol. The van der Waals surface area contributed by atoms with Crippen molar-refractivity contribution in [2.24, 2.45) is 0 Å². The van der Waals surface area contributed by atoms with Gasteiger partial charge in [0.15, 0.2) is 0 Å². The van der Waals surface area contributed by atoms with E-state index in [2.05, 4.69) is 28.5 Å². The zero-order chi connectivity index (χ0) is 18.6. The number of para-hydroxylation sites is 1. The van der Waals surface area contributed by atoms with Crippen LogP contribution in [0.4, 0.5) is 11.4 Å². The molecular weight excluding hydrogens is 336 g/mol. The van der Waals surface area contributed by atoms with Crippen molar-refractivity contribution < 1.29 is 4.79 Å². The highest BCUT2D eigenvalue weighted by Gasteiger charge is 2.22. The molecule has 5 heteroatoms. The Labute approximate surface area is 157 Å². The Morgan fingerprint density at radius 2 is 1.85 bits per heavy atom. The van der Waals surface area contributed by atoms with Crippen LogP contribution in [0.2, 0.25) is 0 Å². The van der Waals surface area contributed by atoms with Crippen LogP contribution in [-0.2, 0) is 13.0 Å². The van der Waals surface area contributed by atoms with E-state index in [9.17, 15) is 10.1 Å². The van der Waals surface area contributed by atoms with Gasteiger partial charge in [-0.1, -0.05) is 36.4 Å². The summed E-state index contributed by atoms with van der Waals surface area (Å²) in [5, 5.41) is 12.4. The number of nitriles is 1. The zero-order valence-corrected chi connectivity index (χ0v) is 14.7. The summed E-state index contributed by atoms with van der Waals surface area (Å²) in [6.07, 6.45) is 4.10. The van der Waals surface area contributed by atoms with Crippen LogP contribution in [0.15, 0.2) is 67.0 Å². The largest absolute Gasteiger partial charge is 0.353 e. The van der Waals surface area contributed by atoms with Gasteiger partial charge in [0.2, 0.25) is 0 Å². The maximum Gasteiger partial charge on any atom is 0.255 e. The van der Waals surface area contributed by atoms with Crippen LogP contribution >= 0.6 is 0 Å². The molecule has 0 aliphatic carbocycles. The second-order valence-corrected chi connectivity index (χ2v) is 6.49. The van der Waals surface area contributed by atoms with E-state index in [4.69, 9.17) is 0 Å². The first-order valence-electron chi connectivity index (χ1n) is 8.82. The maximum absolute atomic E-state index is 12.9. The Hall–Kier alpha value is -3.65. The number of nitrogens with one attached hydrogen (secondary N) is 1. The highest BCUT2D eigenvalue weighted by atomic mass is 16.2. The topological polar surface area (TPSA) is 69.0 Å². The van der Waals surface area contributed by atoms with Crippen molar-refractivity contribution in [2.75, 3.05) is 11.9 Å². The van der Waals surface area contributed by atoms with E-state index >= 15 is 0 Å². The Morgan fingerprint density at radius 3 is 2.70 bits per heavy atom. The van der Waals surface area contributed by atoms with E-state index in [1.165, 1.54) is 11.1 Å². The number of aromatic nitrogens is 1. The number of hydrogen-bond donors (Lipinski definition) is 1. The standard InChI is InChI=1S/C22H18N4O/c23-12-17-6-3-4-8-21(17)25-20-11-19(13-24-14-20)22(27)26-10-9-16-5-1-2-7-18(16)15-26/h1-8,11,13-14,25H,9-10,15H2. The van der Waals surface area contributed by atoms with E-state index in [0.717, 1.165) is 6.42 Å². The molecule has 0 spiro atoms. The van der Waals surface area contributed by atoms with Crippen molar-refractivity contribution in [1.82, 2.24) is 9.88 Å². The van der Waals surface area contributed by atoms with Crippen molar-refractivity contribution in [3.8, 4) is 6.07 Å². The highest BCUT2D eigenvalue weighted by molar-refractivity contribution is 5.95. The third kappa shape index (κ3) is 3.51. The number of pyridine rings is 1. The fraction of sp³-hybridized carbons (Fsp3) is 0.136. The number of anilines is 2. The molecule has 5 nitrogen and oxygen atoms in total. The van der Waals surface area contributed by atoms with E-state index < -0.39 is 0 Å². The van der Waals surface area contributed by atoms with Crippen LogP contribution in [0.1, 0.15) is 27.0 Å². The third-order valence-electron chi connectivity index (χ3n) is 4.73. The summed E-state index contributed by atoms with van der Waals surface area (Å²) in [6.45, 7) is 1.31. The molecule has 0 saturated heterocycles. The van der Waals surface area contributed by atoms with Gasteiger partial charge in [-0.2, -0.15) is 5.26 Å². The van der Waals surface area contributed by atoms with Gasteiger partial charge in [0, 0.05) is 19.3 Å². The number of carbonyl (C=O) groups is 1. The van der Waals surface area contributed by atoms with Gasteiger partial charge in [-0.25, -0.2) is 0 Å². The average Bonchev–Trinajstić information content (AvgIpc) is 2.73. The normalized spacial score (nSPS) is 12.8. The monoisotopic (exact) mass is 354 g/mol. The average molecular weight is 354 g/mol. The van der Waals surface area contributed by atoms with Gasteiger partial charge in [-0.3, -0.25) is 9.78 Å². The SMILES string of the molecule is N#Cc1ccccc1Nc1cncc(C(=O)N2CCc3ccccc3C2)c1. The summed E-state index contributed by atoms with van der Waals surface area (Å²) in [6, 6.07) is 19.4. The molecule has 4 rings (SSSR count). The lowest BCUT2D eigenvalue weighted by atomic mass is 9.99. The molecule has 3 aromatic rings. The first-order valence-corrected chi connectivity index (χ1v) is 8.82. The first kappa shape index (κ1) is 16.8. The predicted octanol–water partition coefficient (Wildman–Crippen LogP) is 3.90. The minimum absolute atomic E-state index is 0.0331. The van der Waals surface area contributed by atoms with Gasteiger partial charge in [0.25, 0.3) is 5.91 Å². The van der Waals surface area contributed by atoms with Crippen LogP contribution in [0.5, 0.6) is 0 Å². The Morgan fingerprint density at radius 1 is 1.07 bits per heavy atom. The van der Waals surface area contributed by atoms with Crippen LogP contribution in [-0.4, -0.2) is 22.3 Å². The second-order valence-electron chi connectivity index (χ2n) is 6.49. The molecule has 0 unspecified atom stereocenters. The molecule has 132 valence electrons. The second kappa shape index (κ2) is 7.30. The fourth-order valence-corrected chi connectivity index (χ4v) is 3.32. The summed E-state index contributed by atoms with van der Waals surface area (Å²) in [7, 11) is 0. The fourth-order valence-electron chi connectivity index (χ4n) is 3.32. The lowest BCUT2D eigenvalue weighted by Crippen LogP contribution is -2.36. The minimum atomic E-state index is -0.0331. The third-order valence-corrected chi connectivity index (χ3v) is 4.73. The Balaban J connectivity index is 1.54. The molecule has 1 aliphatic rings. The van der Waals surface area contributed by atoms with E-state index in [1.54, 1.807) is 24.5 Å². The van der Waals surface area contributed by atoms with Crippen molar-refractivity contribution in [3.05, 3.63) is 89.2 Å². The molecule has 1 aliphatic heterocycles. The van der Waals surface area contributed by atoms with Crippen LogP contribution in [0.25, 0.3) is 0 Å². The molecular formula is C22H18N4O. The Kier molecular flexibility index (Phi) is 4.54. The molecule has 1 amide bonds. The van der Waals surface area contributed by atoms with Gasteiger partial charge in [0.1, 0.15) is 6.07 Å². The molecule has 1 aromatic heterocycles. The molecule has 0 atom stereocenters. The maximum atomic E-state index is 12.9. The summed E-state index contributed by atoms with van der Waals surface area (Å²) < 4.78 is 0. The van der Waals surface area contributed by atoms with Crippen molar-refractivity contribution in [1.29, 1.82) is 5.26 Å². The van der Waals surface area contributed by atoms with Gasteiger partial charge in [-0.15, -0.1) is 0 Å². The van der Waals surface area contributed by atoms with Gasteiger partial charge < -0.3 is 10.2 Å². The first-order chi connectivity index (χ1) is 13.2. The number of amides is 1. The zero-order valence-electron chi connectivity index (χ0n) is 14.7. The van der Waals surface area contributed by atoms with Crippen molar-refractivity contribution >= 4 is 17.3 Å². The molecule has 1 N–H and O–H groups in total. The lowest BCUT2D eigenvalue weighted by Gasteiger charge is -2.29. The molecule has 27 heavy (non-hydrogen) atoms. The van der Waals surface area contributed by atoms with E-state index in [0.29, 0.717) is 35.6 Å². The minimum Gasteiger partial charge on any atom is -0.353 e. The van der Waals surface area contributed by atoms with Crippen molar-refractivity contribution in [3.63, 3.8) is 0 Å². The summed E-state index contributed by atoms with van der Waals surface area (Å²) >= 11 is 0. The van der Waals surface area contributed by atoms with Crippen LogP contribution in [0.3, 0.4) is 0 Å². The number of rotatable bonds is 3. The van der Waals surface area contributed by atoms with Crippen LogP contribution < -0.4 is 5.32 Å². The molecule has 0 bridgehead atoms. The number of carbonyl (C=O) groups excluding carboxylic acids is 1. The molecule has 0 saturated carbocycles. The quantitative estimate of drug-likeness (QED) is 0.775. The molecule has 2 aromatic carbocycles. The summed E-state index contributed by atoms with van der Waals surface area (Å²) in [4.78, 5) is 19.0. The van der Waals surface area contributed by atoms with Gasteiger partial charge in [-0.05, 0) is 35.7 Å². The van der Waals surface area contributed by atoms with Gasteiger partial charge >= 0.3 is 0 Å². The summed E-state index contributed by atoms with van der Waals surface area (Å²) in [5.41, 5.74) is 4.96. The smallest absolute Gasteiger partial charge is 0.255 e. The number of nitrogens with zero attached hydrogens (tertiary/aromatic N) is 3. The summed E-state index contributed by atoms with van der Waals surface area (Å²) in [5.74, 6) is -0.0331. The number of fused-ring (bicyclic) bond motifs is 1. The number of benzene rings is 2. The number of hydrogen-bond acceptors (Lipinski definition) is 4. The Bertz CT molecular complexity index is 1040. The van der Waals surface area contributed by atoms with Crippen LogP contribution in [0, 0.1) is 11.3 Å². The highest BCUT2D eigenvalue weighted by Crippen LogP contribution is 2.23. The molecule has 0 fully saturated rings.